The minimum Gasteiger partial charge on any atom is -0.490 e. The van der Waals surface area contributed by atoms with E-state index < -0.39 is 5.91 Å². The van der Waals surface area contributed by atoms with Crippen LogP contribution in [0, 0.1) is 18.3 Å². The molecule has 0 unspecified atom stereocenters. The van der Waals surface area contributed by atoms with Crippen LogP contribution in [0.15, 0.2) is 85.0 Å². The summed E-state index contributed by atoms with van der Waals surface area (Å²) in [6.07, 6.45) is 3.88. The van der Waals surface area contributed by atoms with Crippen molar-refractivity contribution in [2.24, 2.45) is 0 Å². The molecule has 3 aromatic rings. The molecule has 0 aliphatic heterocycles. The Hall–Kier alpha value is -4.30. The summed E-state index contributed by atoms with van der Waals surface area (Å²) in [5, 5.41) is 12.4. The standard InChI is InChI=1S/C29H28N2O3/c1-4-10-24-16-23(17-25(19-30)29(32)31-26-14-9-11-21(3)15-26)18-27(33-5-2)28(24)34-20-22-12-7-6-8-13-22/h4,6-9,11-18H,1,5,10,20H2,2-3H3,(H,31,32)/b25-17-. The van der Waals surface area contributed by atoms with Crippen molar-refractivity contribution in [3.05, 3.63) is 107 Å². The van der Waals surface area contributed by atoms with Gasteiger partial charge in [0.05, 0.1) is 6.61 Å². The highest BCUT2D eigenvalue weighted by atomic mass is 16.5. The average Bonchev–Trinajstić information content (AvgIpc) is 2.83. The van der Waals surface area contributed by atoms with E-state index in [9.17, 15) is 10.1 Å². The van der Waals surface area contributed by atoms with E-state index in [0.717, 1.165) is 16.7 Å². The first-order valence-corrected chi connectivity index (χ1v) is 11.1. The van der Waals surface area contributed by atoms with E-state index in [1.165, 1.54) is 0 Å². The molecule has 3 aromatic carbocycles. The van der Waals surface area contributed by atoms with Crippen LogP contribution < -0.4 is 14.8 Å². The fourth-order valence-electron chi connectivity index (χ4n) is 3.47. The van der Waals surface area contributed by atoms with Gasteiger partial charge in [-0.05, 0) is 67.3 Å². The lowest BCUT2D eigenvalue weighted by Crippen LogP contribution is -2.13. The Morgan fingerprint density at radius 1 is 1.09 bits per heavy atom. The van der Waals surface area contributed by atoms with Crippen molar-refractivity contribution >= 4 is 17.7 Å². The van der Waals surface area contributed by atoms with Gasteiger partial charge in [-0.15, -0.1) is 6.58 Å². The smallest absolute Gasteiger partial charge is 0.266 e. The second-order valence-electron chi connectivity index (χ2n) is 7.70. The van der Waals surface area contributed by atoms with Crippen molar-refractivity contribution in [3.8, 4) is 17.6 Å². The van der Waals surface area contributed by atoms with E-state index in [-0.39, 0.29) is 5.57 Å². The number of nitrogens with one attached hydrogen (secondary N) is 1. The molecule has 0 fully saturated rings. The Kier molecular flexibility index (Phi) is 8.65. The minimum atomic E-state index is -0.472. The van der Waals surface area contributed by atoms with Crippen molar-refractivity contribution in [1.29, 1.82) is 5.26 Å². The minimum absolute atomic E-state index is 0.00791. The molecule has 172 valence electrons. The zero-order valence-electron chi connectivity index (χ0n) is 19.5. The topological polar surface area (TPSA) is 71.4 Å². The van der Waals surface area contributed by atoms with Gasteiger partial charge in [0.15, 0.2) is 11.5 Å². The Morgan fingerprint density at radius 2 is 1.88 bits per heavy atom. The quantitative estimate of drug-likeness (QED) is 0.224. The largest absolute Gasteiger partial charge is 0.490 e. The van der Waals surface area contributed by atoms with Crippen LogP contribution >= 0.6 is 0 Å². The average molecular weight is 453 g/mol. The van der Waals surface area contributed by atoms with Crippen LogP contribution in [0.3, 0.4) is 0 Å². The highest BCUT2D eigenvalue weighted by Crippen LogP contribution is 2.35. The third kappa shape index (κ3) is 6.60. The molecular weight excluding hydrogens is 424 g/mol. The number of carbonyl (C=O) groups is 1. The van der Waals surface area contributed by atoms with Gasteiger partial charge < -0.3 is 14.8 Å². The van der Waals surface area contributed by atoms with E-state index >= 15 is 0 Å². The van der Waals surface area contributed by atoms with E-state index in [4.69, 9.17) is 9.47 Å². The highest BCUT2D eigenvalue weighted by Gasteiger charge is 2.15. The number of allylic oxidation sites excluding steroid dienone is 1. The predicted octanol–water partition coefficient (Wildman–Crippen LogP) is 6.25. The lowest BCUT2D eigenvalue weighted by atomic mass is 10.0. The molecule has 0 atom stereocenters. The molecule has 0 aliphatic carbocycles. The number of amides is 1. The second kappa shape index (κ2) is 12.1. The van der Waals surface area contributed by atoms with Crippen LogP contribution in [0.5, 0.6) is 11.5 Å². The third-order valence-corrected chi connectivity index (χ3v) is 5.00. The summed E-state index contributed by atoms with van der Waals surface area (Å²) in [5.74, 6) is 0.714. The van der Waals surface area contributed by atoms with Gasteiger partial charge in [-0.2, -0.15) is 5.26 Å². The zero-order valence-corrected chi connectivity index (χ0v) is 19.5. The number of nitrogens with zero attached hydrogens (tertiary/aromatic N) is 1. The van der Waals surface area contributed by atoms with E-state index in [2.05, 4.69) is 11.9 Å². The number of hydrogen-bond donors (Lipinski definition) is 1. The summed E-state index contributed by atoms with van der Waals surface area (Å²) in [7, 11) is 0. The molecule has 1 N–H and O–H groups in total. The number of ether oxygens (including phenoxy) is 2. The van der Waals surface area contributed by atoms with Gasteiger partial charge in [0.25, 0.3) is 5.91 Å². The van der Waals surface area contributed by atoms with Crippen molar-refractivity contribution < 1.29 is 14.3 Å². The molecular formula is C29H28N2O3. The number of rotatable bonds is 10. The molecule has 5 heteroatoms. The predicted molar refractivity (Wildman–Crippen MR) is 136 cm³/mol. The maximum absolute atomic E-state index is 12.7. The van der Waals surface area contributed by atoms with Gasteiger partial charge in [0, 0.05) is 11.3 Å². The monoisotopic (exact) mass is 452 g/mol. The van der Waals surface area contributed by atoms with Crippen molar-refractivity contribution in [2.45, 2.75) is 26.9 Å². The molecule has 0 spiro atoms. The molecule has 34 heavy (non-hydrogen) atoms. The van der Waals surface area contributed by atoms with Crippen LogP contribution in [-0.2, 0) is 17.8 Å². The molecule has 0 heterocycles. The number of carbonyl (C=O) groups excluding carboxylic acids is 1. The number of anilines is 1. The van der Waals surface area contributed by atoms with Gasteiger partial charge >= 0.3 is 0 Å². The second-order valence-corrected chi connectivity index (χ2v) is 7.70. The molecule has 0 bridgehead atoms. The van der Waals surface area contributed by atoms with Crippen LogP contribution in [0.4, 0.5) is 5.69 Å². The molecule has 0 aliphatic rings. The molecule has 5 nitrogen and oxygen atoms in total. The third-order valence-electron chi connectivity index (χ3n) is 5.00. The number of nitriles is 1. The molecule has 3 rings (SSSR count). The maximum Gasteiger partial charge on any atom is 0.266 e. The highest BCUT2D eigenvalue weighted by molar-refractivity contribution is 6.09. The van der Waals surface area contributed by atoms with Crippen LogP contribution in [-0.4, -0.2) is 12.5 Å². The fraction of sp³-hybridized carbons (Fsp3) is 0.172. The first-order valence-electron chi connectivity index (χ1n) is 11.1. The van der Waals surface area contributed by atoms with Crippen molar-refractivity contribution in [1.82, 2.24) is 0 Å². The Labute approximate surface area is 201 Å². The number of benzene rings is 3. The normalized spacial score (nSPS) is 10.8. The van der Waals surface area contributed by atoms with E-state index in [0.29, 0.717) is 42.4 Å². The Bertz CT molecular complexity index is 1220. The van der Waals surface area contributed by atoms with Gasteiger partial charge in [0.1, 0.15) is 18.2 Å². The number of aryl methyl sites for hydroxylation is 1. The molecule has 1 amide bonds. The van der Waals surface area contributed by atoms with Gasteiger partial charge in [-0.1, -0.05) is 48.5 Å². The fourth-order valence-corrected chi connectivity index (χ4v) is 3.47. The van der Waals surface area contributed by atoms with Gasteiger partial charge in [-0.25, -0.2) is 0 Å². The lowest BCUT2D eigenvalue weighted by Gasteiger charge is -2.17. The summed E-state index contributed by atoms with van der Waals surface area (Å²) in [4.78, 5) is 12.7. The Morgan fingerprint density at radius 3 is 2.56 bits per heavy atom. The molecule has 0 aromatic heterocycles. The first kappa shape index (κ1) is 24.3. The maximum atomic E-state index is 12.7. The first-order chi connectivity index (χ1) is 16.5. The van der Waals surface area contributed by atoms with E-state index in [1.807, 2.05) is 74.5 Å². The van der Waals surface area contributed by atoms with E-state index in [1.54, 1.807) is 24.3 Å². The summed E-state index contributed by atoms with van der Waals surface area (Å²) in [6.45, 7) is 8.52. The van der Waals surface area contributed by atoms with Crippen LogP contribution in [0.2, 0.25) is 0 Å². The summed E-state index contributed by atoms with van der Waals surface area (Å²) < 4.78 is 12.0. The molecule has 0 saturated heterocycles. The summed E-state index contributed by atoms with van der Waals surface area (Å²) in [6, 6.07) is 23.0. The van der Waals surface area contributed by atoms with Crippen LogP contribution in [0.1, 0.15) is 29.2 Å². The van der Waals surface area contributed by atoms with Gasteiger partial charge in [-0.3, -0.25) is 4.79 Å². The zero-order chi connectivity index (χ0) is 24.3. The SMILES string of the molecule is C=CCc1cc(/C=C(/C#N)C(=O)Nc2cccc(C)c2)cc(OCC)c1OCc1ccccc1. The molecule has 0 radical (unpaired) electrons. The lowest BCUT2D eigenvalue weighted by molar-refractivity contribution is -0.112. The van der Waals surface area contributed by atoms with Crippen LogP contribution in [0.25, 0.3) is 6.08 Å². The number of hydrogen-bond acceptors (Lipinski definition) is 4. The van der Waals surface area contributed by atoms with Crippen molar-refractivity contribution in [3.63, 3.8) is 0 Å². The summed E-state index contributed by atoms with van der Waals surface area (Å²) in [5.41, 5.74) is 4.22. The Balaban J connectivity index is 1.93. The summed E-state index contributed by atoms with van der Waals surface area (Å²) >= 11 is 0. The van der Waals surface area contributed by atoms with Crippen molar-refractivity contribution in [2.75, 3.05) is 11.9 Å². The van der Waals surface area contributed by atoms with Gasteiger partial charge in [0.2, 0.25) is 0 Å². The molecule has 0 saturated carbocycles.